The van der Waals surface area contributed by atoms with Gasteiger partial charge in [-0.25, -0.2) is 4.99 Å². The minimum atomic E-state index is 0. The average molecular weight is 437 g/mol. The van der Waals surface area contributed by atoms with Crippen LogP contribution in [-0.4, -0.2) is 43.7 Å². The molecule has 1 aromatic carbocycles. The van der Waals surface area contributed by atoms with E-state index in [1.54, 1.807) is 0 Å². The Hall–Kier alpha value is -0.630. The highest BCUT2D eigenvalue weighted by molar-refractivity contribution is 14.0. The lowest BCUT2D eigenvalue weighted by atomic mass is 10.2. The minimum Gasteiger partial charge on any atom is -0.489 e. The molecule has 0 aliphatic carbocycles. The van der Waals surface area contributed by atoms with Crippen molar-refractivity contribution >= 4 is 41.7 Å². The Morgan fingerprint density at radius 2 is 2.14 bits per heavy atom. The van der Waals surface area contributed by atoms with Crippen molar-refractivity contribution in [3.63, 3.8) is 0 Å². The van der Waals surface area contributed by atoms with Gasteiger partial charge in [-0.1, -0.05) is 12.1 Å². The second-order valence-electron chi connectivity index (χ2n) is 4.88. The van der Waals surface area contributed by atoms with Gasteiger partial charge in [0.25, 0.3) is 0 Å². The van der Waals surface area contributed by atoms with Crippen LogP contribution in [0.25, 0.3) is 0 Å². The van der Waals surface area contributed by atoms with Gasteiger partial charge >= 0.3 is 0 Å². The standard InChI is InChI=1S/C16H27N3OS.HI/c1-5-17-16(18-9-10-21-4)19-12-14(3)20-15-8-6-7-13(2)11-15;/h6-8,11,14H,5,9-10,12H2,1-4H3,(H2,17,18,19);1H. The van der Waals surface area contributed by atoms with Gasteiger partial charge < -0.3 is 15.4 Å². The molecule has 0 amide bonds. The quantitative estimate of drug-likeness (QED) is 0.284. The fourth-order valence-corrected chi connectivity index (χ4v) is 2.10. The van der Waals surface area contributed by atoms with Crippen LogP contribution in [0.15, 0.2) is 29.3 Å². The summed E-state index contributed by atoms with van der Waals surface area (Å²) in [5, 5.41) is 6.56. The highest BCUT2D eigenvalue weighted by atomic mass is 127. The third-order valence-corrected chi connectivity index (χ3v) is 3.39. The maximum absolute atomic E-state index is 5.88. The van der Waals surface area contributed by atoms with Gasteiger partial charge in [-0.3, -0.25) is 0 Å². The van der Waals surface area contributed by atoms with Crippen molar-refractivity contribution in [1.29, 1.82) is 0 Å². The van der Waals surface area contributed by atoms with Crippen molar-refractivity contribution in [2.75, 3.05) is 31.6 Å². The van der Waals surface area contributed by atoms with E-state index in [1.807, 2.05) is 36.9 Å². The molecule has 0 saturated carbocycles. The molecule has 0 aliphatic rings. The molecule has 0 heterocycles. The predicted octanol–water partition coefficient (Wildman–Crippen LogP) is 3.30. The lowest BCUT2D eigenvalue weighted by Crippen LogP contribution is -2.39. The van der Waals surface area contributed by atoms with E-state index in [-0.39, 0.29) is 30.1 Å². The fraction of sp³-hybridized carbons (Fsp3) is 0.562. The molecule has 0 fully saturated rings. The number of nitrogens with one attached hydrogen (secondary N) is 2. The third-order valence-electron chi connectivity index (χ3n) is 2.78. The largest absolute Gasteiger partial charge is 0.489 e. The molecular weight excluding hydrogens is 409 g/mol. The summed E-state index contributed by atoms with van der Waals surface area (Å²) in [6.07, 6.45) is 2.14. The number of rotatable bonds is 8. The predicted molar refractivity (Wildman–Crippen MR) is 109 cm³/mol. The molecule has 0 aromatic heterocycles. The lowest BCUT2D eigenvalue weighted by molar-refractivity contribution is 0.230. The molecule has 2 N–H and O–H groups in total. The molecule has 1 unspecified atom stereocenters. The molecule has 22 heavy (non-hydrogen) atoms. The number of halogens is 1. The van der Waals surface area contributed by atoms with Gasteiger partial charge in [-0.05, 0) is 44.7 Å². The second-order valence-corrected chi connectivity index (χ2v) is 5.87. The molecule has 0 spiro atoms. The Labute approximate surface area is 155 Å². The Morgan fingerprint density at radius 1 is 1.36 bits per heavy atom. The molecule has 0 saturated heterocycles. The second kappa shape index (κ2) is 12.9. The molecule has 4 nitrogen and oxygen atoms in total. The summed E-state index contributed by atoms with van der Waals surface area (Å²) in [7, 11) is 0. The van der Waals surface area contributed by atoms with Gasteiger partial charge in [-0.2, -0.15) is 11.8 Å². The third kappa shape index (κ3) is 9.40. The summed E-state index contributed by atoms with van der Waals surface area (Å²) >= 11 is 1.82. The summed E-state index contributed by atoms with van der Waals surface area (Å²) in [5.41, 5.74) is 1.20. The van der Waals surface area contributed by atoms with Gasteiger partial charge in [0.05, 0.1) is 6.54 Å². The van der Waals surface area contributed by atoms with Crippen molar-refractivity contribution in [2.24, 2.45) is 4.99 Å². The number of aliphatic imine (C=N–C) groups is 1. The Kier molecular flexibility index (Phi) is 12.5. The number of benzene rings is 1. The topological polar surface area (TPSA) is 45.7 Å². The van der Waals surface area contributed by atoms with Crippen molar-refractivity contribution in [1.82, 2.24) is 10.6 Å². The summed E-state index contributed by atoms with van der Waals surface area (Å²) in [6, 6.07) is 8.10. The van der Waals surface area contributed by atoms with Crippen molar-refractivity contribution in [3.8, 4) is 5.75 Å². The Bertz CT molecular complexity index is 443. The van der Waals surface area contributed by atoms with E-state index in [9.17, 15) is 0 Å². The summed E-state index contributed by atoms with van der Waals surface area (Å²) in [4.78, 5) is 4.56. The van der Waals surface area contributed by atoms with E-state index in [0.717, 1.165) is 30.6 Å². The molecule has 0 bridgehead atoms. The molecule has 0 aliphatic heterocycles. The molecule has 6 heteroatoms. The first kappa shape index (κ1) is 21.4. The first-order valence-corrected chi connectivity index (χ1v) is 8.79. The number of thioether (sulfide) groups is 1. The number of aryl methyl sites for hydroxylation is 1. The average Bonchev–Trinajstić information content (AvgIpc) is 2.45. The smallest absolute Gasteiger partial charge is 0.191 e. The Balaban J connectivity index is 0.00000441. The van der Waals surface area contributed by atoms with Crippen LogP contribution in [0.3, 0.4) is 0 Å². The first-order chi connectivity index (χ1) is 10.2. The van der Waals surface area contributed by atoms with Crippen molar-refractivity contribution in [3.05, 3.63) is 29.8 Å². The van der Waals surface area contributed by atoms with Crippen LogP contribution >= 0.6 is 35.7 Å². The summed E-state index contributed by atoms with van der Waals surface area (Å²) in [6.45, 7) is 8.57. The molecule has 1 aromatic rings. The van der Waals surface area contributed by atoms with E-state index < -0.39 is 0 Å². The van der Waals surface area contributed by atoms with Crippen LogP contribution in [0.4, 0.5) is 0 Å². The van der Waals surface area contributed by atoms with Crippen LogP contribution in [0, 0.1) is 6.92 Å². The maximum atomic E-state index is 5.88. The molecule has 0 radical (unpaired) electrons. The van der Waals surface area contributed by atoms with Crippen molar-refractivity contribution in [2.45, 2.75) is 26.9 Å². The zero-order chi connectivity index (χ0) is 15.5. The molecule has 1 atom stereocenters. The van der Waals surface area contributed by atoms with Crippen LogP contribution in [0.5, 0.6) is 5.75 Å². The first-order valence-electron chi connectivity index (χ1n) is 7.40. The number of hydrogen-bond donors (Lipinski definition) is 2. The van der Waals surface area contributed by atoms with Gasteiger partial charge in [0.15, 0.2) is 5.96 Å². The van der Waals surface area contributed by atoms with Crippen LogP contribution in [-0.2, 0) is 0 Å². The number of guanidine groups is 1. The fourth-order valence-electron chi connectivity index (χ4n) is 1.79. The van der Waals surface area contributed by atoms with E-state index in [1.165, 1.54) is 5.56 Å². The van der Waals surface area contributed by atoms with Gasteiger partial charge in [0.2, 0.25) is 0 Å². The SMILES string of the molecule is CCNC(=NCC(C)Oc1cccc(C)c1)NCCSC.I. The monoisotopic (exact) mass is 437 g/mol. The number of nitrogens with zero attached hydrogens (tertiary/aromatic N) is 1. The van der Waals surface area contributed by atoms with Crippen LogP contribution in [0.1, 0.15) is 19.4 Å². The number of hydrogen-bond acceptors (Lipinski definition) is 3. The summed E-state index contributed by atoms with van der Waals surface area (Å²) < 4.78 is 5.88. The zero-order valence-electron chi connectivity index (χ0n) is 13.9. The summed E-state index contributed by atoms with van der Waals surface area (Å²) in [5.74, 6) is 2.82. The van der Waals surface area contributed by atoms with Gasteiger partial charge in [0, 0.05) is 18.8 Å². The number of ether oxygens (including phenoxy) is 1. The maximum Gasteiger partial charge on any atom is 0.191 e. The van der Waals surface area contributed by atoms with E-state index in [4.69, 9.17) is 4.74 Å². The van der Waals surface area contributed by atoms with E-state index >= 15 is 0 Å². The lowest BCUT2D eigenvalue weighted by Gasteiger charge is -2.15. The normalized spacial score (nSPS) is 12.3. The molecular formula is C16H28IN3OS. The minimum absolute atomic E-state index is 0. The zero-order valence-corrected chi connectivity index (χ0v) is 17.0. The van der Waals surface area contributed by atoms with Crippen LogP contribution < -0.4 is 15.4 Å². The van der Waals surface area contributed by atoms with E-state index in [0.29, 0.717) is 6.54 Å². The highest BCUT2D eigenvalue weighted by Gasteiger charge is 2.04. The highest BCUT2D eigenvalue weighted by Crippen LogP contribution is 2.14. The Morgan fingerprint density at radius 3 is 2.77 bits per heavy atom. The molecule has 126 valence electrons. The van der Waals surface area contributed by atoms with Gasteiger partial charge in [-0.15, -0.1) is 24.0 Å². The molecule has 1 rings (SSSR count). The van der Waals surface area contributed by atoms with Crippen LogP contribution in [0.2, 0.25) is 0 Å². The van der Waals surface area contributed by atoms with Crippen molar-refractivity contribution < 1.29 is 4.74 Å². The van der Waals surface area contributed by atoms with Gasteiger partial charge in [0.1, 0.15) is 11.9 Å². The van der Waals surface area contributed by atoms with E-state index in [2.05, 4.69) is 41.8 Å².